The zero-order valence-corrected chi connectivity index (χ0v) is 14.6. The van der Waals surface area contributed by atoms with E-state index in [1.165, 1.54) is 12.0 Å². The molecule has 1 aromatic carbocycles. The fourth-order valence-electron chi connectivity index (χ4n) is 1.89. The van der Waals surface area contributed by atoms with Crippen LogP contribution in [-0.4, -0.2) is 44.3 Å². The molecule has 5 nitrogen and oxygen atoms in total. The Hall–Kier alpha value is -1.40. The Bertz CT molecular complexity index is 438. The minimum atomic E-state index is -0.377. The maximum Gasteiger partial charge on any atom is 0.406 e. The average molecular weight is 326 g/mol. The van der Waals surface area contributed by atoms with E-state index in [0.29, 0.717) is 12.5 Å². The first-order valence-corrected chi connectivity index (χ1v) is 8.21. The molecule has 0 radical (unpaired) electrons. The lowest BCUT2D eigenvalue weighted by Gasteiger charge is -2.23. The molecular weight excluding hydrogens is 300 g/mol. The van der Waals surface area contributed by atoms with Crippen LogP contribution >= 0.6 is 11.9 Å². The topological polar surface area (TPSA) is 50.8 Å². The number of methoxy groups -OCH3 is 2. The van der Waals surface area contributed by atoms with E-state index in [2.05, 4.69) is 40.3 Å². The summed E-state index contributed by atoms with van der Waals surface area (Å²) >= 11 is 1.73. The van der Waals surface area contributed by atoms with Crippen LogP contribution in [0.15, 0.2) is 29.2 Å². The maximum absolute atomic E-state index is 11.0. The summed E-state index contributed by atoms with van der Waals surface area (Å²) in [5.74, 6) is 1.45. The van der Waals surface area contributed by atoms with E-state index >= 15 is 0 Å². The van der Waals surface area contributed by atoms with Crippen molar-refractivity contribution in [2.45, 2.75) is 25.2 Å². The Morgan fingerprint density at radius 3 is 2.50 bits per heavy atom. The van der Waals surface area contributed by atoms with Gasteiger partial charge in [0, 0.05) is 24.5 Å². The number of alkyl carbamates (subject to hydrolysis) is 1. The number of amides is 1. The van der Waals surface area contributed by atoms with Crippen molar-refractivity contribution in [2.24, 2.45) is 5.92 Å². The molecule has 22 heavy (non-hydrogen) atoms. The van der Waals surface area contributed by atoms with Crippen LogP contribution in [-0.2, 0) is 4.74 Å². The highest BCUT2D eigenvalue weighted by atomic mass is 32.2. The highest BCUT2D eigenvalue weighted by Crippen LogP contribution is 2.25. The van der Waals surface area contributed by atoms with Gasteiger partial charge in [-0.05, 0) is 48.6 Å². The van der Waals surface area contributed by atoms with Gasteiger partial charge >= 0.3 is 6.09 Å². The quantitative estimate of drug-likeness (QED) is 0.557. The van der Waals surface area contributed by atoms with E-state index < -0.39 is 0 Å². The molecule has 0 bridgehead atoms. The van der Waals surface area contributed by atoms with Crippen molar-refractivity contribution in [3.8, 4) is 5.75 Å². The molecule has 1 aromatic rings. The minimum Gasteiger partial charge on any atom is -0.497 e. The smallest absolute Gasteiger partial charge is 0.406 e. The predicted octanol–water partition coefficient (Wildman–Crippen LogP) is 3.41. The number of carbonyl (C=O) groups is 1. The third kappa shape index (κ3) is 7.56. The number of carbonyl (C=O) groups excluding carboxylic acids is 1. The van der Waals surface area contributed by atoms with Gasteiger partial charge in [-0.3, -0.25) is 0 Å². The molecule has 0 atom stereocenters. The molecular formula is C16H26N2O3S. The van der Waals surface area contributed by atoms with Crippen LogP contribution in [0.5, 0.6) is 5.75 Å². The second-order valence-electron chi connectivity index (χ2n) is 5.32. The van der Waals surface area contributed by atoms with Gasteiger partial charge in [0.2, 0.25) is 0 Å². The Kier molecular flexibility index (Phi) is 8.77. The molecule has 0 unspecified atom stereocenters. The van der Waals surface area contributed by atoms with Gasteiger partial charge in [0.1, 0.15) is 5.75 Å². The summed E-state index contributed by atoms with van der Waals surface area (Å²) in [6, 6.07) is 8.05. The summed E-state index contributed by atoms with van der Waals surface area (Å²) in [6.07, 6.45) is 0.503. The first-order chi connectivity index (χ1) is 10.5. The van der Waals surface area contributed by atoms with E-state index in [9.17, 15) is 4.79 Å². The molecule has 0 aliphatic carbocycles. The SMILES string of the molecule is COC(=O)NCCCN(CC(C)C)Sc1ccc(OC)cc1. The third-order valence-electron chi connectivity index (χ3n) is 2.90. The second-order valence-corrected chi connectivity index (χ2v) is 6.49. The Balaban J connectivity index is 2.46. The molecule has 1 N–H and O–H groups in total. The average Bonchev–Trinajstić information content (AvgIpc) is 2.51. The Labute approximate surface area is 137 Å². The normalized spacial score (nSPS) is 10.8. The lowest BCUT2D eigenvalue weighted by molar-refractivity contribution is 0.170. The van der Waals surface area contributed by atoms with Gasteiger partial charge in [0.25, 0.3) is 0 Å². The van der Waals surface area contributed by atoms with E-state index in [0.717, 1.165) is 25.3 Å². The van der Waals surface area contributed by atoms with Crippen molar-refractivity contribution in [3.63, 3.8) is 0 Å². The predicted molar refractivity (Wildman–Crippen MR) is 90.3 cm³/mol. The molecule has 1 amide bonds. The number of nitrogens with one attached hydrogen (secondary N) is 1. The van der Waals surface area contributed by atoms with Gasteiger partial charge in [-0.2, -0.15) is 0 Å². The van der Waals surface area contributed by atoms with Crippen molar-refractivity contribution in [3.05, 3.63) is 24.3 Å². The molecule has 0 fully saturated rings. The van der Waals surface area contributed by atoms with Crippen LogP contribution < -0.4 is 10.1 Å². The zero-order chi connectivity index (χ0) is 16.4. The molecule has 0 aliphatic heterocycles. The Morgan fingerprint density at radius 2 is 1.95 bits per heavy atom. The minimum absolute atomic E-state index is 0.377. The van der Waals surface area contributed by atoms with Crippen LogP contribution in [0.1, 0.15) is 20.3 Å². The van der Waals surface area contributed by atoms with Gasteiger partial charge in [0.05, 0.1) is 14.2 Å². The summed E-state index contributed by atoms with van der Waals surface area (Å²) in [6.45, 7) is 6.92. The van der Waals surface area contributed by atoms with Gasteiger partial charge in [-0.25, -0.2) is 9.10 Å². The molecule has 0 aliphatic rings. The maximum atomic E-state index is 11.0. The number of ether oxygens (including phenoxy) is 2. The fraction of sp³-hybridized carbons (Fsp3) is 0.562. The van der Waals surface area contributed by atoms with Crippen molar-refractivity contribution < 1.29 is 14.3 Å². The van der Waals surface area contributed by atoms with Crippen molar-refractivity contribution >= 4 is 18.0 Å². The van der Waals surface area contributed by atoms with E-state index in [1.807, 2.05) is 12.1 Å². The first kappa shape index (κ1) is 18.6. The molecule has 0 heterocycles. The molecule has 0 saturated heterocycles. The van der Waals surface area contributed by atoms with Crippen molar-refractivity contribution in [1.29, 1.82) is 0 Å². The molecule has 1 rings (SSSR count). The number of rotatable bonds is 9. The van der Waals surface area contributed by atoms with Crippen LogP contribution in [0.3, 0.4) is 0 Å². The van der Waals surface area contributed by atoms with Gasteiger partial charge in [0.15, 0.2) is 0 Å². The van der Waals surface area contributed by atoms with E-state index in [1.54, 1.807) is 19.1 Å². The standard InChI is InChI=1S/C16H26N2O3S/c1-13(2)12-18(11-5-10-17-16(19)21-4)22-15-8-6-14(20-3)7-9-15/h6-9,13H,5,10-12H2,1-4H3,(H,17,19). The number of nitrogens with zero attached hydrogens (tertiary/aromatic N) is 1. The number of benzene rings is 1. The van der Waals surface area contributed by atoms with Crippen LogP contribution in [0, 0.1) is 5.92 Å². The first-order valence-electron chi connectivity index (χ1n) is 7.44. The molecule has 0 spiro atoms. The molecule has 0 saturated carbocycles. The van der Waals surface area contributed by atoms with E-state index in [4.69, 9.17) is 4.74 Å². The highest BCUT2D eigenvalue weighted by Gasteiger charge is 2.10. The Morgan fingerprint density at radius 1 is 1.27 bits per heavy atom. The van der Waals surface area contributed by atoms with Crippen molar-refractivity contribution in [2.75, 3.05) is 33.9 Å². The summed E-state index contributed by atoms with van der Waals surface area (Å²) in [4.78, 5) is 12.2. The highest BCUT2D eigenvalue weighted by molar-refractivity contribution is 7.97. The summed E-state index contributed by atoms with van der Waals surface area (Å²) in [5, 5.41) is 2.71. The summed E-state index contributed by atoms with van der Waals surface area (Å²) in [7, 11) is 3.04. The van der Waals surface area contributed by atoms with Crippen LogP contribution in [0.25, 0.3) is 0 Å². The number of hydrogen-bond donors (Lipinski definition) is 1. The van der Waals surface area contributed by atoms with E-state index in [-0.39, 0.29) is 6.09 Å². The summed E-state index contributed by atoms with van der Waals surface area (Å²) in [5.41, 5.74) is 0. The molecule has 6 heteroatoms. The largest absolute Gasteiger partial charge is 0.497 e. The van der Waals surface area contributed by atoms with Crippen molar-refractivity contribution in [1.82, 2.24) is 9.62 Å². The van der Waals surface area contributed by atoms with Gasteiger partial charge in [-0.15, -0.1) is 0 Å². The zero-order valence-electron chi connectivity index (χ0n) is 13.8. The molecule has 124 valence electrons. The lowest BCUT2D eigenvalue weighted by Crippen LogP contribution is -2.28. The van der Waals surface area contributed by atoms with Gasteiger partial charge < -0.3 is 14.8 Å². The van der Waals surface area contributed by atoms with Crippen LogP contribution in [0.4, 0.5) is 4.79 Å². The monoisotopic (exact) mass is 326 g/mol. The number of hydrogen-bond acceptors (Lipinski definition) is 5. The third-order valence-corrected chi connectivity index (χ3v) is 3.97. The molecule has 0 aromatic heterocycles. The summed E-state index contributed by atoms with van der Waals surface area (Å²) < 4.78 is 12.1. The fourth-order valence-corrected chi connectivity index (χ4v) is 3.03. The lowest BCUT2D eigenvalue weighted by atomic mass is 10.2. The second kappa shape index (κ2) is 10.3. The van der Waals surface area contributed by atoms with Crippen LogP contribution in [0.2, 0.25) is 0 Å². The van der Waals surface area contributed by atoms with Gasteiger partial charge in [-0.1, -0.05) is 13.8 Å².